The minimum Gasteiger partial charge on any atom is -0.491 e. The molecule has 2 atom stereocenters. The lowest BCUT2D eigenvalue weighted by Crippen LogP contribution is -2.37. The van der Waals surface area contributed by atoms with E-state index in [2.05, 4.69) is 6.92 Å². The van der Waals surface area contributed by atoms with Crippen LogP contribution in [0.5, 0.6) is 5.75 Å². The van der Waals surface area contributed by atoms with Gasteiger partial charge in [0.25, 0.3) is 0 Å². The van der Waals surface area contributed by atoms with Crippen molar-refractivity contribution < 1.29 is 18.3 Å². The number of hydrogen-bond acceptors (Lipinski definition) is 2. The number of rotatable bonds is 9. The second-order valence-electron chi connectivity index (χ2n) is 11.3. The molecule has 4 heteroatoms. The van der Waals surface area contributed by atoms with E-state index in [9.17, 15) is 8.78 Å². The number of ether oxygens (including phenoxy) is 2. The van der Waals surface area contributed by atoms with Crippen molar-refractivity contribution in [1.29, 1.82) is 0 Å². The molecule has 0 radical (unpaired) electrons. The SMILES string of the molecule is CCCCCC1CCC([C@H]2CC[C@H](C3CCC(c4ccc(OCC)c(F)c4F)CC3)OC2)CC1. The molecule has 0 unspecified atom stereocenters. The summed E-state index contributed by atoms with van der Waals surface area (Å²) in [7, 11) is 0. The van der Waals surface area contributed by atoms with Gasteiger partial charge in [-0.25, -0.2) is 4.39 Å². The van der Waals surface area contributed by atoms with Crippen molar-refractivity contribution in [3.05, 3.63) is 29.3 Å². The van der Waals surface area contributed by atoms with Gasteiger partial charge in [0.2, 0.25) is 5.82 Å². The van der Waals surface area contributed by atoms with Crippen molar-refractivity contribution in [2.75, 3.05) is 13.2 Å². The van der Waals surface area contributed by atoms with Gasteiger partial charge in [0, 0.05) is 0 Å². The highest BCUT2D eigenvalue weighted by Crippen LogP contribution is 2.44. The van der Waals surface area contributed by atoms with E-state index in [1.807, 2.05) is 0 Å². The molecular formula is C30H46F2O2. The number of hydrogen-bond donors (Lipinski definition) is 0. The summed E-state index contributed by atoms with van der Waals surface area (Å²) in [5.41, 5.74) is 0.523. The average molecular weight is 477 g/mol. The van der Waals surface area contributed by atoms with Crippen LogP contribution >= 0.6 is 0 Å². The second kappa shape index (κ2) is 12.7. The third kappa shape index (κ3) is 6.33. The van der Waals surface area contributed by atoms with Crippen LogP contribution in [0.25, 0.3) is 0 Å². The van der Waals surface area contributed by atoms with E-state index < -0.39 is 11.6 Å². The van der Waals surface area contributed by atoms with E-state index in [1.54, 1.807) is 19.1 Å². The topological polar surface area (TPSA) is 18.5 Å². The molecule has 1 aliphatic heterocycles. The van der Waals surface area contributed by atoms with E-state index in [0.717, 1.165) is 50.0 Å². The van der Waals surface area contributed by atoms with E-state index in [0.29, 0.717) is 24.2 Å². The van der Waals surface area contributed by atoms with Crippen molar-refractivity contribution >= 4 is 0 Å². The lowest BCUT2D eigenvalue weighted by atomic mass is 9.71. The Labute approximate surface area is 206 Å². The largest absolute Gasteiger partial charge is 0.491 e. The summed E-state index contributed by atoms with van der Waals surface area (Å²) in [5, 5.41) is 0. The predicted octanol–water partition coefficient (Wildman–Crippen LogP) is 8.82. The van der Waals surface area contributed by atoms with Crippen LogP contribution in [0.2, 0.25) is 0 Å². The summed E-state index contributed by atoms with van der Waals surface area (Å²) >= 11 is 0. The minimum atomic E-state index is -0.835. The Morgan fingerprint density at radius 2 is 1.50 bits per heavy atom. The van der Waals surface area contributed by atoms with Gasteiger partial charge in [-0.15, -0.1) is 0 Å². The lowest BCUT2D eigenvalue weighted by molar-refractivity contribution is -0.0724. The molecule has 192 valence electrons. The summed E-state index contributed by atoms with van der Waals surface area (Å²) in [5.74, 6) is 1.75. The molecule has 0 bridgehead atoms. The summed E-state index contributed by atoms with van der Waals surface area (Å²) in [6.07, 6.45) is 18.1. The second-order valence-corrected chi connectivity index (χ2v) is 11.3. The molecular weight excluding hydrogens is 430 g/mol. The molecule has 1 aromatic rings. The molecule has 2 saturated carbocycles. The first-order chi connectivity index (χ1) is 16.6. The highest BCUT2D eigenvalue weighted by atomic mass is 19.2. The quantitative estimate of drug-likeness (QED) is 0.331. The molecule has 3 aliphatic rings. The Bertz CT molecular complexity index is 742. The summed E-state index contributed by atoms with van der Waals surface area (Å²) in [4.78, 5) is 0. The molecule has 1 aromatic carbocycles. The summed E-state index contributed by atoms with van der Waals surface area (Å²) < 4.78 is 40.7. The third-order valence-corrected chi connectivity index (χ3v) is 9.23. The fraction of sp³-hybridized carbons (Fsp3) is 0.800. The Balaban J connectivity index is 1.19. The smallest absolute Gasteiger partial charge is 0.200 e. The van der Waals surface area contributed by atoms with Gasteiger partial charge in [-0.3, -0.25) is 0 Å². The van der Waals surface area contributed by atoms with Gasteiger partial charge < -0.3 is 9.47 Å². The molecule has 2 nitrogen and oxygen atoms in total. The normalized spacial score (nSPS) is 32.5. The van der Waals surface area contributed by atoms with Crippen LogP contribution in [-0.4, -0.2) is 19.3 Å². The minimum absolute atomic E-state index is 0.0209. The number of benzene rings is 1. The average Bonchev–Trinajstić information content (AvgIpc) is 2.88. The van der Waals surface area contributed by atoms with E-state index in [-0.39, 0.29) is 11.7 Å². The Hall–Kier alpha value is -1.16. The van der Waals surface area contributed by atoms with Gasteiger partial charge >= 0.3 is 0 Å². The van der Waals surface area contributed by atoms with Gasteiger partial charge in [0.05, 0.1) is 19.3 Å². The first kappa shape index (κ1) is 25.9. The highest BCUT2D eigenvalue weighted by Gasteiger charge is 2.36. The third-order valence-electron chi connectivity index (χ3n) is 9.23. The van der Waals surface area contributed by atoms with Crippen LogP contribution in [0.1, 0.15) is 115 Å². The van der Waals surface area contributed by atoms with Gasteiger partial charge in [0.15, 0.2) is 11.6 Å². The van der Waals surface area contributed by atoms with Crippen LogP contribution in [0.4, 0.5) is 8.78 Å². The van der Waals surface area contributed by atoms with Crippen molar-refractivity contribution in [3.8, 4) is 5.75 Å². The zero-order chi connectivity index (χ0) is 23.9. The van der Waals surface area contributed by atoms with Crippen molar-refractivity contribution in [2.24, 2.45) is 23.7 Å². The zero-order valence-corrected chi connectivity index (χ0v) is 21.5. The van der Waals surface area contributed by atoms with Crippen molar-refractivity contribution in [1.82, 2.24) is 0 Å². The molecule has 0 N–H and O–H groups in total. The maximum Gasteiger partial charge on any atom is 0.200 e. The fourth-order valence-electron chi connectivity index (χ4n) is 7.10. The first-order valence-electron chi connectivity index (χ1n) is 14.3. The molecule has 1 saturated heterocycles. The van der Waals surface area contributed by atoms with Gasteiger partial charge in [-0.1, -0.05) is 51.5 Å². The fourth-order valence-corrected chi connectivity index (χ4v) is 7.10. The molecule has 0 spiro atoms. The number of halogens is 2. The molecule has 2 aliphatic carbocycles. The van der Waals surface area contributed by atoms with Gasteiger partial charge in [-0.05, 0) is 99.5 Å². The summed E-state index contributed by atoms with van der Waals surface area (Å²) in [6, 6.07) is 3.32. The van der Waals surface area contributed by atoms with E-state index in [1.165, 1.54) is 64.2 Å². The van der Waals surface area contributed by atoms with E-state index >= 15 is 0 Å². The van der Waals surface area contributed by atoms with Crippen LogP contribution < -0.4 is 4.74 Å². The van der Waals surface area contributed by atoms with Crippen LogP contribution in [0, 0.1) is 35.3 Å². The monoisotopic (exact) mass is 476 g/mol. The molecule has 0 aromatic heterocycles. The molecule has 0 amide bonds. The van der Waals surface area contributed by atoms with Crippen LogP contribution in [-0.2, 0) is 4.74 Å². The lowest BCUT2D eigenvalue weighted by Gasteiger charge is -2.41. The van der Waals surface area contributed by atoms with E-state index in [4.69, 9.17) is 9.47 Å². The predicted molar refractivity (Wildman–Crippen MR) is 134 cm³/mol. The molecule has 3 fully saturated rings. The molecule has 34 heavy (non-hydrogen) atoms. The molecule has 1 heterocycles. The maximum absolute atomic E-state index is 14.7. The number of unbranched alkanes of at least 4 members (excludes halogenated alkanes) is 2. The van der Waals surface area contributed by atoms with Crippen LogP contribution in [0.15, 0.2) is 12.1 Å². The standard InChI is InChI=1S/C30H46F2O2/c1-3-5-6-7-21-8-10-22(11-9-21)25-16-18-27(34-20-25)24-14-12-23(13-15-24)26-17-19-28(33-4-2)30(32)29(26)31/h17,19,21-25,27H,3-16,18,20H2,1-2H3/t21?,22?,23?,24?,25-,27+/m0/s1. The summed E-state index contributed by atoms with van der Waals surface area (Å²) in [6.45, 7) is 5.35. The Morgan fingerprint density at radius 1 is 0.794 bits per heavy atom. The Kier molecular flexibility index (Phi) is 9.68. The van der Waals surface area contributed by atoms with Gasteiger partial charge in [0.1, 0.15) is 0 Å². The first-order valence-corrected chi connectivity index (χ1v) is 14.3. The van der Waals surface area contributed by atoms with Gasteiger partial charge in [-0.2, -0.15) is 4.39 Å². The van der Waals surface area contributed by atoms with Crippen LogP contribution in [0.3, 0.4) is 0 Å². The molecule has 4 rings (SSSR count). The highest BCUT2D eigenvalue weighted by molar-refractivity contribution is 5.33. The maximum atomic E-state index is 14.7. The zero-order valence-electron chi connectivity index (χ0n) is 21.5. The Morgan fingerprint density at radius 3 is 2.15 bits per heavy atom. The van der Waals surface area contributed by atoms with Crippen molar-refractivity contribution in [2.45, 2.75) is 116 Å². The van der Waals surface area contributed by atoms with Crippen molar-refractivity contribution in [3.63, 3.8) is 0 Å².